The van der Waals surface area contributed by atoms with Crippen LogP contribution in [0.2, 0.25) is 0 Å². The van der Waals surface area contributed by atoms with Crippen molar-refractivity contribution in [3.8, 4) is 0 Å². The van der Waals surface area contributed by atoms with E-state index in [0.29, 0.717) is 0 Å². The van der Waals surface area contributed by atoms with Crippen molar-refractivity contribution in [3.63, 3.8) is 0 Å². The molecule has 1 saturated heterocycles. The molecule has 5 atom stereocenters. The average molecular weight is 300 g/mol. The molecule has 0 bridgehead atoms. The Labute approximate surface area is 112 Å². The summed E-state index contributed by atoms with van der Waals surface area (Å²) in [4.78, 5) is 0. The van der Waals surface area contributed by atoms with E-state index < -0.39 is 28.9 Å². The number of hydrogen-bond donors (Lipinski definition) is 1. The van der Waals surface area contributed by atoms with Gasteiger partial charge >= 0.3 is 10.4 Å². The fraction of sp³-hybridized carbons (Fsp3) is 1.00. The van der Waals surface area contributed by atoms with Crippen LogP contribution in [0.25, 0.3) is 0 Å². The summed E-state index contributed by atoms with van der Waals surface area (Å²) in [6, 6.07) is 0. The Kier molecular flexibility index (Phi) is 6.12. The first-order valence-corrected chi connectivity index (χ1v) is 7.06. The summed E-state index contributed by atoms with van der Waals surface area (Å²) in [5.41, 5.74) is 0. The third kappa shape index (κ3) is 4.35. The largest absolute Gasteiger partial charge is 0.397 e. The quantitative estimate of drug-likeness (QED) is 0.676. The predicted molar refractivity (Wildman–Crippen MR) is 63.9 cm³/mol. The van der Waals surface area contributed by atoms with Crippen LogP contribution >= 0.6 is 0 Å². The summed E-state index contributed by atoms with van der Waals surface area (Å²) in [5.74, 6) is -0.205. The number of hydrogen-bond acceptors (Lipinski definition) is 7. The molecule has 0 amide bonds. The second kappa shape index (κ2) is 6.93. The third-order valence-corrected chi connectivity index (χ3v) is 3.60. The Balaban J connectivity index is 2.78. The molecular weight excluding hydrogens is 280 g/mol. The van der Waals surface area contributed by atoms with Crippen molar-refractivity contribution in [2.24, 2.45) is 5.92 Å². The molecule has 114 valence electrons. The molecule has 0 aromatic rings. The number of rotatable bonds is 6. The van der Waals surface area contributed by atoms with Gasteiger partial charge in [0.1, 0.15) is 6.10 Å². The molecule has 0 aliphatic carbocycles. The zero-order valence-corrected chi connectivity index (χ0v) is 12.1. The summed E-state index contributed by atoms with van der Waals surface area (Å²) in [7, 11) is -0.0353. The molecule has 8 nitrogen and oxygen atoms in total. The van der Waals surface area contributed by atoms with Crippen LogP contribution in [0.3, 0.4) is 0 Å². The van der Waals surface area contributed by atoms with Crippen LogP contribution in [0.15, 0.2) is 0 Å². The molecule has 1 fully saturated rings. The van der Waals surface area contributed by atoms with Gasteiger partial charge in [0.05, 0.1) is 18.8 Å². The fourth-order valence-electron chi connectivity index (χ4n) is 2.17. The van der Waals surface area contributed by atoms with Crippen LogP contribution in [0.4, 0.5) is 0 Å². The van der Waals surface area contributed by atoms with Gasteiger partial charge in [0.15, 0.2) is 6.29 Å². The smallest absolute Gasteiger partial charge is 0.378 e. The van der Waals surface area contributed by atoms with Gasteiger partial charge in [0.2, 0.25) is 0 Å². The monoisotopic (exact) mass is 300 g/mol. The van der Waals surface area contributed by atoms with Crippen molar-refractivity contribution in [1.82, 2.24) is 0 Å². The van der Waals surface area contributed by atoms with Gasteiger partial charge in [0, 0.05) is 27.2 Å². The van der Waals surface area contributed by atoms with Crippen LogP contribution in [0.5, 0.6) is 0 Å². The lowest BCUT2D eigenvalue weighted by atomic mass is 9.90. The van der Waals surface area contributed by atoms with Crippen molar-refractivity contribution < 1.29 is 36.1 Å². The standard InChI is InChI=1S/C10H20O8S/c1-6-7(5-17-19(11,12)13)18-10(16-4)9(15-3)8(6)14-2/h6-10H,5H2,1-4H3,(H,11,12,13)/t6-,7-,8-,9-,10+/m0/s1. The summed E-state index contributed by atoms with van der Waals surface area (Å²) < 4.78 is 55.4. The van der Waals surface area contributed by atoms with Gasteiger partial charge in [-0.15, -0.1) is 0 Å². The molecular formula is C10H20O8S. The normalized spacial score (nSPS) is 36.4. The minimum Gasteiger partial charge on any atom is -0.378 e. The molecule has 0 saturated carbocycles. The maximum absolute atomic E-state index is 10.6. The van der Waals surface area contributed by atoms with E-state index in [9.17, 15) is 8.42 Å². The fourth-order valence-corrected chi connectivity index (χ4v) is 2.47. The predicted octanol–water partition coefficient (Wildman–Crippen LogP) is -0.157. The van der Waals surface area contributed by atoms with E-state index in [1.165, 1.54) is 21.3 Å². The zero-order valence-electron chi connectivity index (χ0n) is 11.3. The molecule has 0 aromatic heterocycles. The molecule has 1 rings (SSSR count). The van der Waals surface area contributed by atoms with E-state index in [0.717, 1.165) is 0 Å². The lowest BCUT2D eigenvalue weighted by Crippen LogP contribution is -2.56. The first-order valence-electron chi connectivity index (χ1n) is 5.69. The molecule has 0 aromatic carbocycles. The summed E-state index contributed by atoms with van der Waals surface area (Å²) >= 11 is 0. The zero-order chi connectivity index (χ0) is 14.6. The summed E-state index contributed by atoms with van der Waals surface area (Å²) in [5, 5.41) is 0. The SMILES string of the molecule is CO[C@@H]1O[C@@H](COS(=O)(=O)O)[C@H](C)[C@H](OC)[C@@H]1OC. The Hall–Kier alpha value is -0.290. The highest BCUT2D eigenvalue weighted by Crippen LogP contribution is 2.30. The average Bonchev–Trinajstić information content (AvgIpc) is 2.35. The van der Waals surface area contributed by atoms with Crippen molar-refractivity contribution in [2.75, 3.05) is 27.9 Å². The van der Waals surface area contributed by atoms with Gasteiger partial charge in [-0.3, -0.25) is 4.55 Å². The van der Waals surface area contributed by atoms with Crippen LogP contribution in [0, 0.1) is 5.92 Å². The van der Waals surface area contributed by atoms with Crippen molar-refractivity contribution >= 4 is 10.4 Å². The molecule has 0 unspecified atom stereocenters. The van der Waals surface area contributed by atoms with Crippen LogP contribution < -0.4 is 0 Å². The summed E-state index contributed by atoms with van der Waals surface area (Å²) in [6.07, 6.45) is -2.10. The van der Waals surface area contributed by atoms with E-state index >= 15 is 0 Å². The second-order valence-electron chi connectivity index (χ2n) is 4.25. The van der Waals surface area contributed by atoms with Crippen molar-refractivity contribution in [3.05, 3.63) is 0 Å². The van der Waals surface area contributed by atoms with E-state index in [1.54, 1.807) is 0 Å². The van der Waals surface area contributed by atoms with E-state index in [-0.39, 0.29) is 18.6 Å². The number of methoxy groups -OCH3 is 3. The lowest BCUT2D eigenvalue weighted by molar-refractivity contribution is -0.288. The van der Waals surface area contributed by atoms with Crippen LogP contribution in [-0.2, 0) is 33.5 Å². The van der Waals surface area contributed by atoms with Gasteiger partial charge in [-0.2, -0.15) is 8.42 Å². The Bertz CT molecular complexity index is 370. The second-order valence-corrected chi connectivity index (χ2v) is 5.34. The molecule has 9 heteroatoms. The van der Waals surface area contributed by atoms with Gasteiger partial charge in [0.25, 0.3) is 0 Å². The highest BCUT2D eigenvalue weighted by molar-refractivity contribution is 7.80. The molecule has 1 N–H and O–H groups in total. The molecule has 1 heterocycles. The number of ether oxygens (including phenoxy) is 4. The molecule has 1 aliphatic rings. The van der Waals surface area contributed by atoms with Gasteiger partial charge < -0.3 is 18.9 Å². The van der Waals surface area contributed by atoms with E-state index in [4.69, 9.17) is 23.5 Å². The minimum absolute atomic E-state index is 0.205. The molecule has 19 heavy (non-hydrogen) atoms. The Morgan fingerprint density at radius 1 is 1.11 bits per heavy atom. The highest BCUT2D eigenvalue weighted by atomic mass is 32.3. The first kappa shape index (κ1) is 16.8. The minimum atomic E-state index is -4.51. The van der Waals surface area contributed by atoms with Crippen LogP contribution in [-0.4, -0.2) is 65.5 Å². The summed E-state index contributed by atoms with van der Waals surface area (Å²) in [6.45, 7) is 1.49. The van der Waals surface area contributed by atoms with Gasteiger partial charge in [-0.1, -0.05) is 6.92 Å². The van der Waals surface area contributed by atoms with Crippen LogP contribution in [0.1, 0.15) is 6.92 Å². The topological polar surface area (TPSA) is 101 Å². The van der Waals surface area contributed by atoms with E-state index in [2.05, 4.69) is 4.18 Å². The van der Waals surface area contributed by atoms with Gasteiger partial charge in [-0.05, 0) is 0 Å². The lowest BCUT2D eigenvalue weighted by Gasteiger charge is -2.43. The maximum atomic E-state index is 10.6. The molecule has 0 spiro atoms. The Morgan fingerprint density at radius 2 is 1.68 bits per heavy atom. The Morgan fingerprint density at radius 3 is 2.11 bits per heavy atom. The van der Waals surface area contributed by atoms with Crippen molar-refractivity contribution in [1.29, 1.82) is 0 Å². The molecule has 1 aliphatic heterocycles. The third-order valence-electron chi connectivity index (χ3n) is 3.16. The molecule has 0 radical (unpaired) electrons. The maximum Gasteiger partial charge on any atom is 0.397 e. The van der Waals surface area contributed by atoms with E-state index in [1.807, 2.05) is 6.92 Å². The van der Waals surface area contributed by atoms with Gasteiger partial charge in [-0.25, -0.2) is 4.18 Å². The first-order chi connectivity index (χ1) is 8.84. The highest BCUT2D eigenvalue weighted by Gasteiger charge is 2.45. The van der Waals surface area contributed by atoms with Crippen molar-refractivity contribution in [2.45, 2.75) is 31.5 Å².